The number of benzene rings is 4. The highest BCUT2D eigenvalue weighted by atomic mass is 79.9. The predicted molar refractivity (Wildman–Crippen MR) is 179 cm³/mol. The largest absolute Gasteiger partial charge is 0.497 e. The molecular formula is C36H29BrN2O5S. The zero-order chi connectivity index (χ0) is 31.3. The molecule has 0 saturated carbocycles. The van der Waals surface area contributed by atoms with Gasteiger partial charge in [-0.3, -0.25) is 9.36 Å². The predicted octanol–water partition coefficient (Wildman–Crippen LogP) is 6.29. The minimum absolute atomic E-state index is 0.185. The van der Waals surface area contributed by atoms with Gasteiger partial charge in [0.05, 0.1) is 40.0 Å². The van der Waals surface area contributed by atoms with E-state index in [1.807, 2.05) is 109 Å². The quantitative estimate of drug-likeness (QED) is 0.171. The summed E-state index contributed by atoms with van der Waals surface area (Å²) in [6.45, 7) is 2.38. The van der Waals surface area contributed by atoms with Gasteiger partial charge in [-0.25, -0.2) is 9.79 Å². The zero-order valence-corrected chi connectivity index (χ0v) is 27.0. The number of hydrogen-bond acceptors (Lipinski definition) is 7. The molecule has 45 heavy (non-hydrogen) atoms. The third-order valence-corrected chi connectivity index (χ3v) is 8.90. The summed E-state index contributed by atoms with van der Waals surface area (Å²) in [6, 6.07) is 31.7. The molecule has 0 bridgehead atoms. The lowest BCUT2D eigenvalue weighted by Gasteiger charge is -2.26. The van der Waals surface area contributed by atoms with Gasteiger partial charge in [-0.15, -0.1) is 0 Å². The number of nitrogens with zero attached hydrogens (tertiary/aromatic N) is 2. The van der Waals surface area contributed by atoms with E-state index in [0.29, 0.717) is 38.7 Å². The van der Waals surface area contributed by atoms with Crippen molar-refractivity contribution < 1.29 is 19.0 Å². The van der Waals surface area contributed by atoms with Crippen LogP contribution < -0.4 is 24.4 Å². The van der Waals surface area contributed by atoms with E-state index in [1.165, 1.54) is 11.3 Å². The van der Waals surface area contributed by atoms with E-state index in [1.54, 1.807) is 18.6 Å². The van der Waals surface area contributed by atoms with Crippen molar-refractivity contribution >= 4 is 45.0 Å². The Hall–Kier alpha value is -4.73. The van der Waals surface area contributed by atoms with Gasteiger partial charge >= 0.3 is 5.97 Å². The average molecular weight is 682 g/mol. The molecule has 1 atom stereocenters. The first-order chi connectivity index (χ1) is 22.0. The Morgan fingerprint density at radius 3 is 2.36 bits per heavy atom. The number of hydrogen-bond donors (Lipinski definition) is 0. The summed E-state index contributed by atoms with van der Waals surface area (Å²) in [5.41, 5.74) is 3.89. The topological polar surface area (TPSA) is 79.1 Å². The maximum atomic E-state index is 14.2. The Bertz CT molecular complexity index is 2050. The van der Waals surface area contributed by atoms with Crippen molar-refractivity contribution in [2.24, 2.45) is 4.99 Å². The lowest BCUT2D eigenvalue weighted by Crippen LogP contribution is -2.40. The fourth-order valence-corrected chi connectivity index (χ4v) is 6.66. The molecular weight excluding hydrogens is 652 g/mol. The van der Waals surface area contributed by atoms with Crippen molar-refractivity contribution in [2.45, 2.75) is 19.6 Å². The van der Waals surface area contributed by atoms with E-state index in [4.69, 9.17) is 19.2 Å². The van der Waals surface area contributed by atoms with Gasteiger partial charge in [0.15, 0.2) is 4.80 Å². The van der Waals surface area contributed by atoms with Crippen molar-refractivity contribution in [3.05, 3.63) is 155 Å². The van der Waals surface area contributed by atoms with Crippen molar-refractivity contribution in [3.8, 4) is 11.5 Å². The summed E-state index contributed by atoms with van der Waals surface area (Å²) in [5.74, 6) is 0.839. The molecule has 0 fully saturated rings. The Balaban J connectivity index is 1.47. The van der Waals surface area contributed by atoms with E-state index in [2.05, 4.69) is 15.9 Å². The molecule has 0 spiro atoms. The standard InChI is InChI=1S/C36H29BrN2O5S/c1-3-43-35(41)31-32(25-12-8-5-9-13-25)38-36-39(33(31)26-15-17-27(42-2)18-16-26)34(40)30(45-36)21-24-14-19-29(28(37)20-24)44-22-23-10-6-4-7-11-23/h4-21,33H,3,22H2,1-2H3/b30-21-/t33-/m1/s1. The monoisotopic (exact) mass is 680 g/mol. The van der Waals surface area contributed by atoms with Crippen molar-refractivity contribution in [1.29, 1.82) is 0 Å². The summed E-state index contributed by atoms with van der Waals surface area (Å²) in [6.07, 6.45) is 1.83. The molecule has 7 nitrogen and oxygen atoms in total. The number of thiazole rings is 1. The maximum Gasteiger partial charge on any atom is 0.338 e. The first-order valence-electron chi connectivity index (χ1n) is 14.4. The Labute approximate surface area is 272 Å². The third kappa shape index (κ3) is 6.41. The lowest BCUT2D eigenvalue weighted by atomic mass is 9.93. The minimum atomic E-state index is -0.760. The molecule has 1 aliphatic heterocycles. The average Bonchev–Trinajstić information content (AvgIpc) is 3.38. The molecule has 6 rings (SSSR count). The summed E-state index contributed by atoms with van der Waals surface area (Å²) < 4.78 is 19.8. The molecule has 0 unspecified atom stereocenters. The summed E-state index contributed by atoms with van der Waals surface area (Å²) in [4.78, 5) is 33.2. The highest BCUT2D eigenvalue weighted by molar-refractivity contribution is 9.10. The number of esters is 1. The molecule has 226 valence electrons. The Morgan fingerprint density at radius 2 is 1.69 bits per heavy atom. The first kappa shape index (κ1) is 30.3. The third-order valence-electron chi connectivity index (χ3n) is 7.30. The number of methoxy groups -OCH3 is 1. The van der Waals surface area contributed by atoms with E-state index in [9.17, 15) is 9.59 Å². The number of rotatable bonds is 9. The number of ether oxygens (including phenoxy) is 3. The van der Waals surface area contributed by atoms with Crippen LogP contribution in [0.3, 0.4) is 0 Å². The van der Waals surface area contributed by atoms with Crippen LogP contribution in [-0.2, 0) is 16.1 Å². The molecule has 9 heteroatoms. The zero-order valence-electron chi connectivity index (χ0n) is 24.6. The van der Waals surface area contributed by atoms with Crippen LogP contribution in [0.4, 0.5) is 0 Å². The Morgan fingerprint density at radius 1 is 0.978 bits per heavy atom. The molecule has 0 N–H and O–H groups in total. The van der Waals surface area contributed by atoms with Gasteiger partial charge in [0.2, 0.25) is 0 Å². The molecule has 2 heterocycles. The van der Waals surface area contributed by atoms with Crippen LogP contribution >= 0.6 is 27.3 Å². The van der Waals surface area contributed by atoms with E-state index in [-0.39, 0.29) is 12.2 Å². The summed E-state index contributed by atoms with van der Waals surface area (Å²) >= 11 is 4.90. The fourth-order valence-electron chi connectivity index (χ4n) is 5.15. The van der Waals surface area contributed by atoms with Crippen LogP contribution in [-0.4, -0.2) is 24.3 Å². The molecule has 5 aromatic rings. The molecule has 1 aliphatic rings. The number of carbonyl (C=O) groups excluding carboxylic acids is 1. The van der Waals surface area contributed by atoms with Gasteiger partial charge in [-0.1, -0.05) is 90.2 Å². The normalized spacial score (nSPS) is 14.5. The maximum absolute atomic E-state index is 14.2. The molecule has 0 aliphatic carbocycles. The number of fused-ring (bicyclic) bond motifs is 1. The highest BCUT2D eigenvalue weighted by Crippen LogP contribution is 2.36. The number of halogens is 1. The van der Waals surface area contributed by atoms with Crippen LogP contribution in [0.1, 0.15) is 35.2 Å². The molecule has 0 amide bonds. The summed E-state index contributed by atoms with van der Waals surface area (Å²) in [5, 5.41) is 0. The van der Waals surface area contributed by atoms with Crippen LogP contribution in [0.2, 0.25) is 0 Å². The van der Waals surface area contributed by atoms with Gasteiger partial charge in [0.25, 0.3) is 5.56 Å². The van der Waals surface area contributed by atoms with E-state index in [0.717, 1.165) is 26.7 Å². The second kappa shape index (κ2) is 13.5. The van der Waals surface area contributed by atoms with Crippen molar-refractivity contribution in [3.63, 3.8) is 0 Å². The Kier molecular flexibility index (Phi) is 9.09. The van der Waals surface area contributed by atoms with Gasteiger partial charge in [0.1, 0.15) is 18.1 Å². The van der Waals surface area contributed by atoms with Gasteiger partial charge < -0.3 is 14.2 Å². The second-order valence-corrected chi connectivity index (χ2v) is 12.0. The van der Waals surface area contributed by atoms with Gasteiger partial charge in [0, 0.05) is 5.56 Å². The van der Waals surface area contributed by atoms with Gasteiger partial charge in [-0.05, 0) is 69.9 Å². The SMILES string of the molecule is CCOC(=O)C1=C(c2ccccc2)N=c2s/c(=C\c3ccc(OCc4ccccc4)c(Br)c3)c(=O)n2[C@@H]1c1ccc(OC)cc1. The first-order valence-corrected chi connectivity index (χ1v) is 16.0. The minimum Gasteiger partial charge on any atom is -0.497 e. The van der Waals surface area contributed by atoms with E-state index < -0.39 is 12.0 Å². The number of carbonyl (C=O) groups is 1. The molecule has 4 aromatic carbocycles. The van der Waals surface area contributed by atoms with Crippen LogP contribution in [0.25, 0.3) is 11.8 Å². The van der Waals surface area contributed by atoms with Crippen LogP contribution in [0.15, 0.2) is 123 Å². The smallest absolute Gasteiger partial charge is 0.338 e. The van der Waals surface area contributed by atoms with Gasteiger partial charge in [-0.2, -0.15) is 0 Å². The van der Waals surface area contributed by atoms with Crippen LogP contribution in [0.5, 0.6) is 11.5 Å². The second-order valence-electron chi connectivity index (χ2n) is 10.2. The van der Waals surface area contributed by atoms with Crippen molar-refractivity contribution in [1.82, 2.24) is 4.57 Å². The number of aromatic nitrogens is 1. The highest BCUT2D eigenvalue weighted by Gasteiger charge is 2.35. The molecule has 0 saturated heterocycles. The van der Waals surface area contributed by atoms with Crippen LogP contribution in [0, 0.1) is 0 Å². The molecule has 1 aromatic heterocycles. The van der Waals surface area contributed by atoms with Crippen molar-refractivity contribution in [2.75, 3.05) is 13.7 Å². The summed E-state index contributed by atoms with van der Waals surface area (Å²) in [7, 11) is 1.59. The molecule has 0 radical (unpaired) electrons. The fraction of sp³-hybridized carbons (Fsp3) is 0.139. The lowest BCUT2D eigenvalue weighted by molar-refractivity contribution is -0.138. The van der Waals surface area contributed by atoms with E-state index >= 15 is 0 Å².